The summed E-state index contributed by atoms with van der Waals surface area (Å²) in [7, 11) is 2.17. The number of aromatic nitrogens is 2. The summed E-state index contributed by atoms with van der Waals surface area (Å²) in [4.78, 5) is 16.9. The second-order valence-corrected chi connectivity index (χ2v) is 12.4. The van der Waals surface area contributed by atoms with Gasteiger partial charge < -0.3 is 20.3 Å². The van der Waals surface area contributed by atoms with E-state index >= 15 is 0 Å². The van der Waals surface area contributed by atoms with E-state index in [1.165, 1.54) is 28.7 Å². The van der Waals surface area contributed by atoms with Gasteiger partial charge in [-0.3, -0.25) is 9.80 Å². The predicted molar refractivity (Wildman–Crippen MR) is 171 cm³/mol. The summed E-state index contributed by atoms with van der Waals surface area (Å²) in [5.41, 5.74) is 7.22. The van der Waals surface area contributed by atoms with Crippen LogP contribution in [0.3, 0.4) is 0 Å². The summed E-state index contributed by atoms with van der Waals surface area (Å²) < 4.78 is 19.3. The lowest BCUT2D eigenvalue weighted by molar-refractivity contribution is 0.0772. The highest BCUT2D eigenvalue weighted by atomic mass is 19.1. The first kappa shape index (κ1) is 29.8. The first-order valence-electron chi connectivity index (χ1n) is 15.9. The Hall–Kier alpha value is -3.27. The first-order valence-corrected chi connectivity index (χ1v) is 15.9. The average Bonchev–Trinajstić information content (AvgIpc) is 3.41. The molecule has 2 fully saturated rings. The number of aryl methyl sites for hydroxylation is 1. The van der Waals surface area contributed by atoms with Gasteiger partial charge in [-0.05, 0) is 69.0 Å². The molecule has 2 saturated heterocycles. The molecule has 4 heterocycles. The number of fused-ring (bicyclic) bond motifs is 2. The third-order valence-electron chi connectivity index (χ3n) is 9.30. The van der Waals surface area contributed by atoms with Crippen LogP contribution in [-0.2, 0) is 13.0 Å². The van der Waals surface area contributed by atoms with Crippen molar-refractivity contribution < 1.29 is 9.13 Å². The molecule has 0 radical (unpaired) electrons. The zero-order valence-electron chi connectivity index (χ0n) is 25.7. The Balaban J connectivity index is 1.12. The van der Waals surface area contributed by atoms with E-state index in [4.69, 9.17) is 14.7 Å². The maximum absolute atomic E-state index is 13.0. The molecule has 2 N–H and O–H groups in total. The van der Waals surface area contributed by atoms with Gasteiger partial charge in [0.1, 0.15) is 18.6 Å². The lowest BCUT2D eigenvalue weighted by Crippen LogP contribution is -2.48. The third kappa shape index (κ3) is 7.11. The minimum absolute atomic E-state index is 0.347. The van der Waals surface area contributed by atoms with Crippen molar-refractivity contribution in [3.63, 3.8) is 0 Å². The van der Waals surface area contributed by atoms with E-state index in [0.29, 0.717) is 50.9 Å². The topological polar surface area (TPSA) is 68.8 Å². The number of benzene rings is 1. The second kappa shape index (κ2) is 13.6. The fourth-order valence-corrected chi connectivity index (χ4v) is 6.81. The van der Waals surface area contributed by atoms with Crippen LogP contribution < -0.4 is 15.4 Å². The van der Waals surface area contributed by atoms with E-state index in [2.05, 4.69) is 76.2 Å². The molecule has 8 nitrogen and oxygen atoms in total. The number of likely N-dealkylation sites (N-methyl/N-ethyl adjacent to an activating group) is 1. The van der Waals surface area contributed by atoms with E-state index in [-0.39, 0.29) is 0 Å². The molecule has 1 aromatic carbocycles. The highest BCUT2D eigenvalue weighted by Crippen LogP contribution is 2.38. The Morgan fingerprint density at radius 3 is 2.91 bits per heavy atom. The van der Waals surface area contributed by atoms with Crippen molar-refractivity contribution >= 4 is 11.9 Å². The van der Waals surface area contributed by atoms with Crippen molar-refractivity contribution in [3.05, 3.63) is 76.7 Å². The summed E-state index contributed by atoms with van der Waals surface area (Å²) >= 11 is 0. The first-order chi connectivity index (χ1) is 20.9. The van der Waals surface area contributed by atoms with Gasteiger partial charge in [-0.2, -0.15) is 9.97 Å². The molecule has 4 aliphatic rings. The minimum Gasteiger partial charge on any atom is -0.462 e. The van der Waals surface area contributed by atoms with Gasteiger partial charge in [-0.1, -0.05) is 43.0 Å². The lowest BCUT2D eigenvalue weighted by Gasteiger charge is -2.38. The molecule has 3 aliphatic heterocycles. The Labute approximate surface area is 255 Å². The number of alkyl halides is 1. The van der Waals surface area contributed by atoms with Crippen LogP contribution in [-0.4, -0.2) is 96.3 Å². The Bertz CT molecular complexity index is 1350. The minimum atomic E-state index is -0.670. The maximum atomic E-state index is 13.0. The number of ether oxygens (including phenoxy) is 1. The van der Waals surface area contributed by atoms with E-state index in [9.17, 15) is 4.39 Å². The molecule has 43 heavy (non-hydrogen) atoms. The van der Waals surface area contributed by atoms with Crippen molar-refractivity contribution in [1.82, 2.24) is 30.0 Å². The van der Waals surface area contributed by atoms with Crippen LogP contribution in [0, 0.1) is 6.92 Å². The fraction of sp³-hybridized carbons (Fsp3) is 0.529. The molecule has 6 rings (SSSR count). The SMILES string of the molecule is C=C(/C=C/CN1CC(F)C1)NCCNc1nc(OCC2CCCN2C)nc2c1CCN(C1CC=Cc3cccc(C)c31)C2. The van der Waals surface area contributed by atoms with Crippen LogP contribution in [0.2, 0.25) is 0 Å². The van der Waals surface area contributed by atoms with Gasteiger partial charge in [0.25, 0.3) is 0 Å². The predicted octanol–water partition coefficient (Wildman–Crippen LogP) is 4.50. The van der Waals surface area contributed by atoms with E-state index in [0.717, 1.165) is 62.7 Å². The molecule has 2 atom stereocenters. The number of anilines is 1. The van der Waals surface area contributed by atoms with Gasteiger partial charge in [-0.15, -0.1) is 0 Å². The van der Waals surface area contributed by atoms with Crippen LogP contribution >= 0.6 is 0 Å². The van der Waals surface area contributed by atoms with Gasteiger partial charge in [-0.25, -0.2) is 4.39 Å². The molecule has 0 spiro atoms. The zero-order chi connectivity index (χ0) is 29.8. The molecule has 0 bridgehead atoms. The van der Waals surface area contributed by atoms with Crippen LogP contribution in [0.1, 0.15) is 53.3 Å². The van der Waals surface area contributed by atoms with E-state index in [1.807, 2.05) is 12.2 Å². The molecule has 1 aromatic heterocycles. The smallest absolute Gasteiger partial charge is 0.318 e. The molecule has 2 aromatic rings. The van der Waals surface area contributed by atoms with Gasteiger partial charge in [0.2, 0.25) is 0 Å². The number of likely N-dealkylation sites (tertiary alicyclic amines) is 2. The summed E-state index contributed by atoms with van der Waals surface area (Å²) in [6, 6.07) is 7.82. The molecular formula is C34H46FN7O. The Morgan fingerprint density at radius 2 is 2.09 bits per heavy atom. The maximum Gasteiger partial charge on any atom is 0.318 e. The second-order valence-electron chi connectivity index (χ2n) is 12.4. The average molecular weight is 588 g/mol. The molecule has 2 unspecified atom stereocenters. The highest BCUT2D eigenvalue weighted by molar-refractivity contribution is 5.60. The summed E-state index contributed by atoms with van der Waals surface area (Å²) in [6.45, 7) is 13.0. The number of allylic oxidation sites excluding steroid dienone is 1. The highest BCUT2D eigenvalue weighted by Gasteiger charge is 2.31. The van der Waals surface area contributed by atoms with Crippen LogP contribution in [0.25, 0.3) is 6.08 Å². The number of halogens is 1. The molecule has 0 amide bonds. The van der Waals surface area contributed by atoms with Crippen molar-refractivity contribution in [2.45, 2.75) is 57.4 Å². The number of hydrogen-bond donors (Lipinski definition) is 2. The van der Waals surface area contributed by atoms with Gasteiger partial charge in [0.05, 0.1) is 5.69 Å². The zero-order valence-corrected chi connectivity index (χ0v) is 25.7. The molecule has 1 aliphatic carbocycles. The summed E-state index contributed by atoms with van der Waals surface area (Å²) in [5.74, 6) is 0.876. The standard InChI is InChI=1S/C34H46FN7O/c1-24-8-4-10-26-11-5-13-31(32(24)26)42-19-14-29-30(22-42)38-34(43-23-28-12-7-17-40(28)3)39-33(29)37-16-15-36-25(2)9-6-18-41-20-27(35)21-41/h4-6,8-11,27-28,31,36H,2,7,12-23H2,1,3H3,(H,37,38,39)/b9-6+. The Kier molecular flexibility index (Phi) is 9.40. The normalized spacial score (nSPS) is 22.8. The Morgan fingerprint density at radius 1 is 1.21 bits per heavy atom. The van der Waals surface area contributed by atoms with Gasteiger partial charge in [0, 0.05) is 69.2 Å². The molecule has 9 heteroatoms. The largest absolute Gasteiger partial charge is 0.462 e. The lowest BCUT2D eigenvalue weighted by atomic mass is 9.87. The van der Waals surface area contributed by atoms with Crippen molar-refractivity contribution in [3.8, 4) is 6.01 Å². The number of rotatable bonds is 12. The van der Waals surface area contributed by atoms with E-state index < -0.39 is 6.17 Å². The fourth-order valence-electron chi connectivity index (χ4n) is 6.81. The quantitative estimate of drug-likeness (QED) is 0.278. The molecular weight excluding hydrogens is 541 g/mol. The molecule has 0 saturated carbocycles. The van der Waals surface area contributed by atoms with Crippen molar-refractivity contribution in [1.29, 1.82) is 0 Å². The number of hydrogen-bond acceptors (Lipinski definition) is 8. The summed E-state index contributed by atoms with van der Waals surface area (Å²) in [6.07, 6.45) is 12.2. The van der Waals surface area contributed by atoms with Crippen molar-refractivity contribution in [2.24, 2.45) is 0 Å². The number of nitrogens with zero attached hydrogens (tertiary/aromatic N) is 5. The monoisotopic (exact) mass is 587 g/mol. The van der Waals surface area contributed by atoms with Crippen molar-refractivity contribution in [2.75, 3.05) is 64.8 Å². The van der Waals surface area contributed by atoms with Crippen LogP contribution in [0.15, 0.2) is 48.7 Å². The van der Waals surface area contributed by atoms with E-state index in [1.54, 1.807) is 0 Å². The molecule has 230 valence electrons. The van der Waals surface area contributed by atoms with Crippen LogP contribution in [0.5, 0.6) is 6.01 Å². The summed E-state index contributed by atoms with van der Waals surface area (Å²) in [5, 5.41) is 6.94. The number of nitrogens with one attached hydrogen (secondary N) is 2. The van der Waals surface area contributed by atoms with Gasteiger partial charge in [0.15, 0.2) is 0 Å². The van der Waals surface area contributed by atoms with Gasteiger partial charge >= 0.3 is 6.01 Å². The third-order valence-corrected chi connectivity index (χ3v) is 9.30. The van der Waals surface area contributed by atoms with Crippen LogP contribution in [0.4, 0.5) is 10.2 Å².